The number of rotatable bonds is 6. The van der Waals surface area contributed by atoms with Crippen LogP contribution in [0.3, 0.4) is 0 Å². The van der Waals surface area contributed by atoms with Gasteiger partial charge in [-0.05, 0) is 30.9 Å². The van der Waals surface area contributed by atoms with Gasteiger partial charge >= 0.3 is 0 Å². The van der Waals surface area contributed by atoms with E-state index < -0.39 is 5.60 Å². The summed E-state index contributed by atoms with van der Waals surface area (Å²) >= 11 is 1.77. The molecule has 2 N–H and O–H groups in total. The molecule has 116 valence electrons. The molecule has 1 saturated heterocycles. The van der Waals surface area contributed by atoms with Crippen molar-refractivity contribution < 1.29 is 9.90 Å². The second kappa shape index (κ2) is 7.69. The van der Waals surface area contributed by atoms with Gasteiger partial charge in [-0.25, -0.2) is 0 Å². The van der Waals surface area contributed by atoms with E-state index in [9.17, 15) is 9.90 Å². The second-order valence-electron chi connectivity index (χ2n) is 6.59. The number of hydrogen-bond acceptors (Lipinski definition) is 3. The Bertz CT molecular complexity index is 310. The van der Waals surface area contributed by atoms with Crippen LogP contribution in [-0.4, -0.2) is 34.7 Å². The SMILES string of the molecule is CCC(CC1CCCCC1)C(=O)NCC1(O)CCSC1. The van der Waals surface area contributed by atoms with Crippen molar-refractivity contribution in [3.05, 3.63) is 0 Å². The van der Waals surface area contributed by atoms with E-state index in [-0.39, 0.29) is 11.8 Å². The summed E-state index contributed by atoms with van der Waals surface area (Å²) in [6.45, 7) is 2.53. The van der Waals surface area contributed by atoms with Crippen molar-refractivity contribution in [2.45, 2.75) is 63.9 Å². The van der Waals surface area contributed by atoms with Gasteiger partial charge in [0.2, 0.25) is 5.91 Å². The van der Waals surface area contributed by atoms with Crippen molar-refractivity contribution in [2.75, 3.05) is 18.1 Å². The van der Waals surface area contributed by atoms with E-state index in [0.29, 0.717) is 6.54 Å². The monoisotopic (exact) mass is 299 g/mol. The summed E-state index contributed by atoms with van der Waals surface area (Å²) in [6, 6.07) is 0. The van der Waals surface area contributed by atoms with E-state index in [1.807, 2.05) is 0 Å². The summed E-state index contributed by atoms with van der Waals surface area (Å²) < 4.78 is 0. The van der Waals surface area contributed by atoms with Gasteiger partial charge in [0.1, 0.15) is 0 Å². The average Bonchev–Trinajstić information content (AvgIpc) is 2.91. The number of hydrogen-bond donors (Lipinski definition) is 2. The van der Waals surface area contributed by atoms with Crippen molar-refractivity contribution in [3.8, 4) is 0 Å². The maximum atomic E-state index is 12.3. The Kier molecular flexibility index (Phi) is 6.21. The second-order valence-corrected chi connectivity index (χ2v) is 7.69. The number of nitrogens with one attached hydrogen (secondary N) is 1. The lowest BCUT2D eigenvalue weighted by atomic mass is 9.81. The quantitative estimate of drug-likeness (QED) is 0.793. The molecule has 3 nitrogen and oxygen atoms in total. The zero-order valence-corrected chi connectivity index (χ0v) is 13.5. The summed E-state index contributed by atoms with van der Waals surface area (Å²) in [6.07, 6.45) is 9.38. The Morgan fingerprint density at radius 1 is 1.40 bits per heavy atom. The average molecular weight is 299 g/mol. The highest BCUT2D eigenvalue weighted by Crippen LogP contribution is 2.30. The summed E-state index contributed by atoms with van der Waals surface area (Å²) in [7, 11) is 0. The molecule has 1 aliphatic heterocycles. The first kappa shape index (κ1) is 16.2. The number of aliphatic hydroxyl groups is 1. The van der Waals surface area contributed by atoms with E-state index in [1.54, 1.807) is 11.8 Å². The van der Waals surface area contributed by atoms with Crippen LogP contribution in [0.5, 0.6) is 0 Å². The number of carbonyl (C=O) groups excluding carboxylic acids is 1. The van der Waals surface area contributed by atoms with Crippen LogP contribution in [-0.2, 0) is 4.79 Å². The Hall–Kier alpha value is -0.220. The molecule has 2 fully saturated rings. The maximum absolute atomic E-state index is 12.3. The van der Waals surface area contributed by atoms with E-state index >= 15 is 0 Å². The molecule has 0 radical (unpaired) electrons. The zero-order chi connectivity index (χ0) is 14.4. The van der Waals surface area contributed by atoms with Crippen LogP contribution >= 0.6 is 11.8 Å². The van der Waals surface area contributed by atoms with Crippen molar-refractivity contribution in [1.82, 2.24) is 5.32 Å². The summed E-state index contributed by atoms with van der Waals surface area (Å²) in [5, 5.41) is 13.3. The van der Waals surface area contributed by atoms with Crippen LogP contribution in [0.15, 0.2) is 0 Å². The van der Waals surface area contributed by atoms with Gasteiger partial charge in [-0.15, -0.1) is 0 Å². The summed E-state index contributed by atoms with van der Waals surface area (Å²) in [5.74, 6) is 2.79. The smallest absolute Gasteiger partial charge is 0.223 e. The highest BCUT2D eigenvalue weighted by molar-refractivity contribution is 7.99. The van der Waals surface area contributed by atoms with Gasteiger partial charge in [0.15, 0.2) is 0 Å². The Morgan fingerprint density at radius 2 is 2.15 bits per heavy atom. The fourth-order valence-electron chi connectivity index (χ4n) is 3.42. The summed E-state index contributed by atoms with van der Waals surface area (Å²) in [4.78, 5) is 12.3. The van der Waals surface area contributed by atoms with Crippen LogP contribution in [0, 0.1) is 11.8 Å². The molecule has 4 heteroatoms. The molecule has 2 unspecified atom stereocenters. The van der Waals surface area contributed by atoms with Gasteiger partial charge in [0.25, 0.3) is 0 Å². The van der Waals surface area contributed by atoms with Crippen LogP contribution in [0.1, 0.15) is 58.3 Å². The molecule has 0 aromatic carbocycles. The van der Waals surface area contributed by atoms with Gasteiger partial charge < -0.3 is 10.4 Å². The van der Waals surface area contributed by atoms with Crippen LogP contribution in [0.2, 0.25) is 0 Å². The van der Waals surface area contributed by atoms with E-state index in [1.165, 1.54) is 32.1 Å². The van der Waals surface area contributed by atoms with Gasteiger partial charge in [0.05, 0.1) is 5.60 Å². The van der Waals surface area contributed by atoms with E-state index in [2.05, 4.69) is 12.2 Å². The lowest BCUT2D eigenvalue weighted by molar-refractivity contribution is -0.126. The standard InChI is InChI=1S/C16H29NO2S/c1-2-14(10-13-6-4-3-5-7-13)15(18)17-11-16(19)8-9-20-12-16/h13-14,19H,2-12H2,1H3,(H,17,18). The lowest BCUT2D eigenvalue weighted by Gasteiger charge is -2.27. The van der Waals surface area contributed by atoms with E-state index in [4.69, 9.17) is 0 Å². The first-order chi connectivity index (χ1) is 9.63. The van der Waals surface area contributed by atoms with Crippen LogP contribution in [0.25, 0.3) is 0 Å². The third-order valence-electron chi connectivity index (χ3n) is 4.88. The fourth-order valence-corrected chi connectivity index (χ4v) is 4.71. The number of thioether (sulfide) groups is 1. The molecule has 1 aliphatic carbocycles. The largest absolute Gasteiger partial charge is 0.387 e. The topological polar surface area (TPSA) is 49.3 Å². The molecule has 0 aromatic rings. The highest BCUT2D eigenvalue weighted by Gasteiger charge is 2.33. The molecule has 1 heterocycles. The van der Waals surface area contributed by atoms with Crippen LogP contribution in [0.4, 0.5) is 0 Å². The number of amides is 1. The van der Waals surface area contributed by atoms with Crippen molar-refractivity contribution in [2.24, 2.45) is 11.8 Å². The maximum Gasteiger partial charge on any atom is 0.223 e. The van der Waals surface area contributed by atoms with Gasteiger partial charge in [-0.1, -0.05) is 39.0 Å². The minimum Gasteiger partial charge on any atom is -0.387 e. The normalized spacial score (nSPS) is 29.3. The molecule has 0 bridgehead atoms. The summed E-state index contributed by atoms with van der Waals surface area (Å²) in [5.41, 5.74) is -0.663. The Morgan fingerprint density at radius 3 is 2.75 bits per heavy atom. The third kappa shape index (κ3) is 4.66. The first-order valence-corrected chi connectivity index (χ1v) is 9.36. The van der Waals surface area contributed by atoms with Gasteiger partial charge in [0, 0.05) is 18.2 Å². The third-order valence-corrected chi connectivity index (χ3v) is 6.11. The fraction of sp³-hybridized carbons (Fsp3) is 0.938. The molecule has 1 saturated carbocycles. The van der Waals surface area contributed by atoms with E-state index in [0.717, 1.165) is 36.7 Å². The lowest BCUT2D eigenvalue weighted by Crippen LogP contribution is -2.45. The Labute approximate surface area is 127 Å². The van der Waals surface area contributed by atoms with Crippen molar-refractivity contribution in [1.29, 1.82) is 0 Å². The molecule has 2 rings (SSSR count). The van der Waals surface area contributed by atoms with Gasteiger partial charge in [-0.2, -0.15) is 11.8 Å². The molecule has 2 atom stereocenters. The Balaban J connectivity index is 1.76. The first-order valence-electron chi connectivity index (χ1n) is 8.21. The minimum atomic E-state index is -0.663. The molecular formula is C16H29NO2S. The molecule has 1 amide bonds. The molecular weight excluding hydrogens is 270 g/mol. The van der Waals surface area contributed by atoms with Gasteiger partial charge in [-0.3, -0.25) is 4.79 Å². The predicted molar refractivity (Wildman–Crippen MR) is 84.9 cm³/mol. The highest BCUT2D eigenvalue weighted by atomic mass is 32.2. The number of carbonyl (C=O) groups is 1. The zero-order valence-electron chi connectivity index (χ0n) is 12.7. The van der Waals surface area contributed by atoms with Crippen molar-refractivity contribution in [3.63, 3.8) is 0 Å². The minimum absolute atomic E-state index is 0.135. The predicted octanol–water partition coefficient (Wildman–Crippen LogP) is 2.97. The van der Waals surface area contributed by atoms with Crippen molar-refractivity contribution >= 4 is 17.7 Å². The molecule has 20 heavy (non-hydrogen) atoms. The van der Waals surface area contributed by atoms with Crippen LogP contribution < -0.4 is 5.32 Å². The molecule has 2 aliphatic rings. The molecule has 0 aromatic heterocycles. The molecule has 0 spiro atoms.